The van der Waals surface area contributed by atoms with Crippen LogP contribution in [0.3, 0.4) is 0 Å². The number of carbonyl (C=O) groups excluding carboxylic acids is 3. The molecule has 0 radical (unpaired) electrons. The van der Waals surface area contributed by atoms with E-state index in [0.717, 1.165) is 29.4 Å². The predicted molar refractivity (Wildman–Crippen MR) is 125 cm³/mol. The van der Waals surface area contributed by atoms with Crippen molar-refractivity contribution in [2.45, 2.75) is 23.9 Å². The Labute approximate surface area is 213 Å². The number of nitrogens with zero attached hydrogens (tertiary/aromatic N) is 5. The summed E-state index contributed by atoms with van der Waals surface area (Å²) in [5.41, 5.74) is 5.35. The van der Waals surface area contributed by atoms with Crippen LogP contribution in [0.1, 0.15) is 12.2 Å². The van der Waals surface area contributed by atoms with Crippen LogP contribution in [0.2, 0.25) is 0 Å². The molecule has 0 spiro atoms. The Hall–Kier alpha value is -3.08. The molecule has 4 heterocycles. The number of amides is 2. The van der Waals surface area contributed by atoms with Gasteiger partial charge in [-0.05, 0) is 11.6 Å². The van der Waals surface area contributed by atoms with Crippen LogP contribution in [0.25, 0.3) is 0 Å². The quantitative estimate of drug-likeness (QED) is 0.124. The smallest absolute Gasteiger partial charge is 0.278 e. The molecule has 1 aromatic heterocycles. The Morgan fingerprint density at radius 3 is 2.86 bits per heavy atom. The van der Waals surface area contributed by atoms with Gasteiger partial charge in [0.1, 0.15) is 37.3 Å². The first-order valence-corrected chi connectivity index (χ1v) is 12.7. The fourth-order valence-corrected chi connectivity index (χ4v) is 5.65. The third kappa shape index (κ3) is 5.35. The Balaban J connectivity index is 1.49. The molecule has 13 nitrogen and oxygen atoms in total. The number of aromatic nitrogens is 2. The molecule has 0 bridgehead atoms. The Bertz CT molecular complexity index is 1150. The van der Waals surface area contributed by atoms with Crippen molar-refractivity contribution < 1.29 is 38.2 Å². The number of hydroxylamine groups is 3. The number of nitrogen functional groups attached to an aromatic ring is 1. The number of nitrogens with two attached hydrogens (primary N) is 1. The molecule has 3 aliphatic rings. The van der Waals surface area contributed by atoms with E-state index in [9.17, 15) is 23.9 Å². The lowest BCUT2D eigenvalue weighted by atomic mass is 10.0. The molecule has 4 rings (SSSR count). The summed E-state index contributed by atoms with van der Waals surface area (Å²) in [6.45, 7) is -0.417. The third-order valence-electron chi connectivity index (χ3n) is 5.56. The summed E-state index contributed by atoms with van der Waals surface area (Å²) in [5, 5.41) is 17.4. The van der Waals surface area contributed by atoms with Crippen LogP contribution in [-0.4, -0.2) is 99.6 Å². The highest BCUT2D eigenvalue weighted by Gasteiger charge is 2.53. The average molecular weight is 542 g/mol. The molecule has 0 unspecified atom stereocenters. The number of oxime groups is 1. The lowest BCUT2D eigenvalue weighted by Gasteiger charge is -2.50. The van der Waals surface area contributed by atoms with Crippen LogP contribution in [-0.2, 0) is 24.1 Å². The van der Waals surface area contributed by atoms with Crippen molar-refractivity contribution in [2.75, 3.05) is 45.4 Å². The van der Waals surface area contributed by atoms with E-state index in [1.807, 2.05) is 14.1 Å². The lowest BCUT2D eigenvalue weighted by Crippen LogP contribution is -2.71. The van der Waals surface area contributed by atoms with Gasteiger partial charge < -0.3 is 25.8 Å². The van der Waals surface area contributed by atoms with Crippen LogP contribution in [0.5, 0.6) is 0 Å². The van der Waals surface area contributed by atoms with Gasteiger partial charge in [0.25, 0.3) is 11.8 Å². The van der Waals surface area contributed by atoms with E-state index in [1.54, 1.807) is 12.2 Å². The number of alkyl halides is 1. The summed E-state index contributed by atoms with van der Waals surface area (Å²) in [6.07, 6.45) is 4.03. The number of β-lactam (4-membered cyclic amide) rings is 1. The third-order valence-corrected chi connectivity index (χ3v) is 7.40. The monoisotopic (exact) mass is 541 g/mol. The number of carbonyl (C=O) groups is 3. The Morgan fingerprint density at radius 2 is 2.25 bits per heavy atom. The van der Waals surface area contributed by atoms with Crippen molar-refractivity contribution in [2.24, 2.45) is 5.16 Å². The summed E-state index contributed by atoms with van der Waals surface area (Å²) in [7, 11) is 3.85. The number of hydrogen-bond donors (Lipinski definition) is 2. The molecule has 2 saturated heterocycles. The van der Waals surface area contributed by atoms with Crippen molar-refractivity contribution in [3.05, 3.63) is 29.2 Å². The highest BCUT2D eigenvalue weighted by molar-refractivity contribution is 8.00. The molecule has 2 fully saturated rings. The number of thioether (sulfide) groups is 1. The molecule has 3 aliphatic heterocycles. The SMILES string of the molecule is C[N+]1(C)CC[C@@H](/C=C/C2=C(C(=O)[O-])N3C(=O)[C@@H](NC(=O)/C(=N\OCCF)c4nsc(N)n4)[C@H]3SC2)O1. The van der Waals surface area contributed by atoms with Gasteiger partial charge in [0.2, 0.25) is 11.5 Å². The number of halogens is 1. The molecule has 0 aliphatic carbocycles. The number of carboxylic acid groups (broad SMARTS) is 1. The van der Waals surface area contributed by atoms with E-state index in [4.69, 9.17) is 15.4 Å². The number of carboxylic acids is 1. The van der Waals surface area contributed by atoms with Gasteiger partial charge >= 0.3 is 0 Å². The number of quaternary nitrogens is 1. The van der Waals surface area contributed by atoms with E-state index >= 15 is 0 Å². The fourth-order valence-electron chi connectivity index (χ4n) is 3.89. The van der Waals surface area contributed by atoms with Crippen LogP contribution in [0.4, 0.5) is 9.52 Å². The van der Waals surface area contributed by atoms with Crippen LogP contribution >= 0.6 is 23.3 Å². The molecule has 3 N–H and O–H groups in total. The Morgan fingerprint density at radius 1 is 1.47 bits per heavy atom. The lowest BCUT2D eigenvalue weighted by molar-refractivity contribution is -1.06. The van der Waals surface area contributed by atoms with Gasteiger partial charge in [-0.25, -0.2) is 4.39 Å². The first-order valence-electron chi connectivity index (χ1n) is 10.9. The molecule has 2 amide bonds. The highest BCUT2D eigenvalue weighted by Crippen LogP contribution is 2.40. The number of aliphatic carboxylic acids is 1. The van der Waals surface area contributed by atoms with Gasteiger partial charge in [0.15, 0.2) is 5.13 Å². The summed E-state index contributed by atoms with van der Waals surface area (Å²) < 4.78 is 16.7. The molecule has 0 saturated carbocycles. The second-order valence-electron chi connectivity index (χ2n) is 8.53. The zero-order valence-corrected chi connectivity index (χ0v) is 21.0. The van der Waals surface area contributed by atoms with Gasteiger partial charge in [-0.15, -0.1) is 11.8 Å². The molecule has 3 atom stereocenters. The molecule has 16 heteroatoms. The van der Waals surface area contributed by atoms with Crippen molar-refractivity contribution in [3.8, 4) is 0 Å². The number of rotatable bonds is 9. The largest absolute Gasteiger partial charge is 0.543 e. The molecule has 1 aromatic rings. The molecule has 0 aromatic carbocycles. The number of allylic oxidation sites excluding steroid dienone is 1. The number of anilines is 1. The van der Waals surface area contributed by atoms with Gasteiger partial charge in [-0.3, -0.25) is 14.5 Å². The second-order valence-corrected chi connectivity index (χ2v) is 10.4. The average Bonchev–Trinajstić information content (AvgIpc) is 3.42. The maximum absolute atomic E-state index is 12.9. The molecular formula is C20H24FN7O6S2. The van der Waals surface area contributed by atoms with Crippen molar-refractivity contribution in [3.63, 3.8) is 0 Å². The minimum atomic E-state index is -1.49. The van der Waals surface area contributed by atoms with Crippen molar-refractivity contribution in [1.82, 2.24) is 19.6 Å². The maximum Gasteiger partial charge on any atom is 0.278 e. The number of hydrogen-bond acceptors (Lipinski definition) is 12. The summed E-state index contributed by atoms with van der Waals surface area (Å²) >= 11 is 2.10. The van der Waals surface area contributed by atoms with Crippen molar-refractivity contribution in [1.29, 1.82) is 0 Å². The van der Waals surface area contributed by atoms with Gasteiger partial charge in [0.05, 0.1) is 25.8 Å². The van der Waals surface area contributed by atoms with Crippen LogP contribution in [0.15, 0.2) is 28.6 Å². The zero-order valence-electron chi connectivity index (χ0n) is 19.4. The van der Waals surface area contributed by atoms with Gasteiger partial charge in [-0.2, -0.15) is 18.8 Å². The minimum Gasteiger partial charge on any atom is -0.543 e. The highest BCUT2D eigenvalue weighted by atomic mass is 32.2. The van der Waals surface area contributed by atoms with Gasteiger partial charge in [-0.1, -0.05) is 11.2 Å². The summed E-state index contributed by atoms with van der Waals surface area (Å²) in [5.74, 6) is -2.85. The number of fused-ring (bicyclic) bond motifs is 1. The zero-order chi connectivity index (χ0) is 26.0. The van der Waals surface area contributed by atoms with Crippen molar-refractivity contribution >= 4 is 51.9 Å². The minimum absolute atomic E-state index is 0.0690. The standard InChI is InChI=1S/C20H24FN7O6S2/c1-28(2)7-5-11(34-28)4-3-10-9-35-18-13(17(30)27(18)14(10)19(31)32)23-16(29)12(25-33-8-6-21)15-24-20(22)36-26-15/h3-4,11,13,18H,5-9H2,1-2H3,(H3-,22,23,24,26,29,31,32)/b4-3+,25-12-/t11-,13-,18-/m1/s1. The molecular weight excluding hydrogens is 517 g/mol. The first-order chi connectivity index (χ1) is 17.1. The van der Waals surface area contributed by atoms with E-state index in [-0.39, 0.29) is 34.2 Å². The molecule has 194 valence electrons. The van der Waals surface area contributed by atoms with Crippen LogP contribution < -0.4 is 16.2 Å². The van der Waals surface area contributed by atoms with E-state index in [2.05, 4.69) is 19.8 Å². The second kappa shape index (κ2) is 10.5. The summed E-state index contributed by atoms with van der Waals surface area (Å²) in [4.78, 5) is 53.3. The summed E-state index contributed by atoms with van der Waals surface area (Å²) in [6, 6.07) is -1.04. The van der Waals surface area contributed by atoms with Gasteiger partial charge in [0, 0.05) is 23.7 Å². The normalized spacial score (nSPS) is 25.6. The predicted octanol–water partition coefficient (Wildman–Crippen LogP) is -1.45. The fraction of sp³-hybridized carbons (Fsp3) is 0.500. The number of nitrogens with one attached hydrogen (secondary N) is 1. The topological polar surface area (TPSA) is 172 Å². The Kier molecular flexibility index (Phi) is 7.58. The van der Waals surface area contributed by atoms with E-state index < -0.39 is 42.5 Å². The van der Waals surface area contributed by atoms with E-state index in [0.29, 0.717) is 10.2 Å². The maximum atomic E-state index is 12.9. The van der Waals surface area contributed by atoms with Crippen LogP contribution in [0, 0.1) is 0 Å². The molecule has 36 heavy (non-hydrogen) atoms. The first kappa shape index (κ1) is 26.0. The van der Waals surface area contributed by atoms with E-state index in [1.165, 1.54) is 11.8 Å².